The summed E-state index contributed by atoms with van der Waals surface area (Å²) in [5, 5.41) is 14.5. The van der Waals surface area contributed by atoms with Gasteiger partial charge in [-0.25, -0.2) is 4.79 Å². The number of benzene rings is 1. The average Bonchev–Trinajstić information content (AvgIpc) is 2.75. The standard InChI is InChI=1S/C26H33N3O4/c1-17-12-19(6-7-21(17)16-30)23(15-29(5)25(32)33-26(2,3)4)24(31)28-22-9-8-20-14-27-11-10-18(20)13-22/h6-14,17,21,23,30H,15-16H2,1-5H3,(H,28,31). The maximum atomic E-state index is 13.4. The van der Waals surface area contributed by atoms with E-state index in [1.165, 1.54) is 4.90 Å². The second-order valence-electron chi connectivity index (χ2n) is 9.57. The van der Waals surface area contributed by atoms with Gasteiger partial charge in [-0.3, -0.25) is 9.78 Å². The Bertz CT molecular complexity index is 1070. The lowest BCUT2D eigenvalue weighted by molar-refractivity contribution is -0.119. The topological polar surface area (TPSA) is 91.8 Å². The van der Waals surface area contributed by atoms with Gasteiger partial charge in [0, 0.05) is 49.6 Å². The molecule has 176 valence electrons. The number of carbonyl (C=O) groups is 2. The first kappa shape index (κ1) is 24.5. The maximum Gasteiger partial charge on any atom is 0.410 e. The summed E-state index contributed by atoms with van der Waals surface area (Å²) >= 11 is 0. The van der Waals surface area contributed by atoms with E-state index in [9.17, 15) is 14.7 Å². The highest BCUT2D eigenvalue weighted by Gasteiger charge is 2.30. The van der Waals surface area contributed by atoms with E-state index < -0.39 is 17.6 Å². The molecule has 0 spiro atoms. The van der Waals surface area contributed by atoms with E-state index in [2.05, 4.69) is 10.3 Å². The van der Waals surface area contributed by atoms with Gasteiger partial charge in [-0.05, 0) is 55.8 Å². The van der Waals surface area contributed by atoms with Gasteiger partial charge < -0.3 is 20.1 Å². The van der Waals surface area contributed by atoms with Gasteiger partial charge in [0.15, 0.2) is 0 Å². The predicted molar refractivity (Wildman–Crippen MR) is 130 cm³/mol. The minimum absolute atomic E-state index is 0.00939. The molecule has 1 aromatic carbocycles. The van der Waals surface area contributed by atoms with E-state index >= 15 is 0 Å². The first-order valence-electron chi connectivity index (χ1n) is 11.2. The van der Waals surface area contributed by atoms with Crippen LogP contribution in [0.2, 0.25) is 0 Å². The van der Waals surface area contributed by atoms with Crippen LogP contribution in [-0.2, 0) is 9.53 Å². The first-order valence-corrected chi connectivity index (χ1v) is 11.2. The quantitative estimate of drug-likeness (QED) is 0.679. The Kier molecular flexibility index (Phi) is 7.53. The molecule has 2 aromatic rings. The van der Waals surface area contributed by atoms with Crippen LogP contribution >= 0.6 is 0 Å². The van der Waals surface area contributed by atoms with E-state index in [0.29, 0.717) is 5.69 Å². The summed E-state index contributed by atoms with van der Waals surface area (Å²) < 4.78 is 5.47. The average molecular weight is 452 g/mol. The molecule has 1 heterocycles. The normalized spacial score (nSPS) is 19.0. The number of aromatic nitrogens is 1. The molecule has 1 aliphatic carbocycles. The lowest BCUT2D eigenvalue weighted by Gasteiger charge is -2.30. The fourth-order valence-corrected chi connectivity index (χ4v) is 3.77. The number of amides is 2. The fraction of sp³-hybridized carbons (Fsp3) is 0.423. The van der Waals surface area contributed by atoms with E-state index in [-0.39, 0.29) is 30.9 Å². The third-order valence-corrected chi connectivity index (χ3v) is 5.67. The summed E-state index contributed by atoms with van der Waals surface area (Å²) in [7, 11) is 1.63. The van der Waals surface area contributed by atoms with Gasteiger partial charge >= 0.3 is 6.09 Å². The summed E-state index contributed by atoms with van der Waals surface area (Å²) in [4.78, 5) is 31.5. The van der Waals surface area contributed by atoms with E-state index in [1.807, 2.05) is 49.4 Å². The third-order valence-electron chi connectivity index (χ3n) is 5.67. The Morgan fingerprint density at radius 3 is 2.67 bits per heavy atom. The van der Waals surface area contributed by atoms with Crippen LogP contribution in [0.1, 0.15) is 27.7 Å². The largest absolute Gasteiger partial charge is 0.444 e. The number of pyridine rings is 1. The summed E-state index contributed by atoms with van der Waals surface area (Å²) in [6, 6.07) is 7.54. The van der Waals surface area contributed by atoms with Crippen LogP contribution in [0.15, 0.2) is 60.5 Å². The van der Waals surface area contributed by atoms with Crippen LogP contribution in [0, 0.1) is 17.8 Å². The number of carbonyl (C=O) groups excluding carboxylic acids is 2. The molecule has 0 fully saturated rings. The molecule has 3 unspecified atom stereocenters. The zero-order chi connectivity index (χ0) is 24.2. The molecule has 7 nitrogen and oxygen atoms in total. The molecule has 33 heavy (non-hydrogen) atoms. The van der Waals surface area contributed by atoms with Crippen LogP contribution in [-0.4, -0.2) is 52.8 Å². The van der Waals surface area contributed by atoms with Crippen molar-refractivity contribution in [2.45, 2.75) is 33.3 Å². The number of hydrogen-bond donors (Lipinski definition) is 2. The smallest absolute Gasteiger partial charge is 0.410 e. The second kappa shape index (κ2) is 10.2. The first-order chi connectivity index (χ1) is 15.6. The van der Waals surface area contributed by atoms with Crippen molar-refractivity contribution in [2.75, 3.05) is 25.5 Å². The summed E-state index contributed by atoms with van der Waals surface area (Å²) in [6.45, 7) is 7.63. The zero-order valence-corrected chi connectivity index (χ0v) is 19.9. The van der Waals surface area contributed by atoms with Crippen molar-refractivity contribution in [3.63, 3.8) is 0 Å². The van der Waals surface area contributed by atoms with Crippen molar-refractivity contribution < 1.29 is 19.4 Å². The third kappa shape index (κ3) is 6.42. The van der Waals surface area contributed by atoms with Crippen LogP contribution < -0.4 is 5.32 Å². The SMILES string of the molecule is CC1C=C(C(CN(C)C(=O)OC(C)(C)C)C(=O)Nc2ccc3cnccc3c2)C=CC1CO. The zero-order valence-electron chi connectivity index (χ0n) is 19.9. The molecule has 1 aromatic heterocycles. The van der Waals surface area contributed by atoms with Crippen LogP contribution in [0.4, 0.5) is 10.5 Å². The molecular weight excluding hydrogens is 418 g/mol. The summed E-state index contributed by atoms with van der Waals surface area (Å²) in [5.41, 5.74) is 0.853. The van der Waals surface area contributed by atoms with Crippen molar-refractivity contribution in [3.8, 4) is 0 Å². The number of fused-ring (bicyclic) bond motifs is 1. The summed E-state index contributed by atoms with van der Waals surface area (Å²) in [6.07, 6.45) is 8.80. The molecular formula is C26H33N3O4. The second-order valence-corrected chi connectivity index (χ2v) is 9.57. The van der Waals surface area contributed by atoms with Crippen molar-refractivity contribution in [3.05, 3.63) is 60.5 Å². The molecule has 3 atom stereocenters. The number of nitrogens with zero attached hydrogens (tertiary/aromatic N) is 2. The molecule has 0 saturated heterocycles. The van der Waals surface area contributed by atoms with Gasteiger partial charge in [0.1, 0.15) is 5.60 Å². The van der Waals surface area contributed by atoms with Crippen LogP contribution in [0.5, 0.6) is 0 Å². The van der Waals surface area contributed by atoms with Gasteiger partial charge in [0.25, 0.3) is 0 Å². The van der Waals surface area contributed by atoms with E-state index in [1.54, 1.807) is 40.2 Å². The molecule has 1 aliphatic rings. The molecule has 0 bridgehead atoms. The minimum atomic E-state index is -0.629. The number of aliphatic hydroxyl groups excluding tert-OH is 1. The highest BCUT2D eigenvalue weighted by molar-refractivity contribution is 5.97. The molecule has 2 N–H and O–H groups in total. The molecule has 0 aliphatic heterocycles. The van der Waals surface area contributed by atoms with Crippen LogP contribution in [0.3, 0.4) is 0 Å². The highest BCUT2D eigenvalue weighted by Crippen LogP contribution is 2.28. The van der Waals surface area contributed by atoms with Gasteiger partial charge in [-0.1, -0.05) is 31.2 Å². The molecule has 0 saturated carbocycles. The lowest BCUT2D eigenvalue weighted by atomic mass is 9.83. The van der Waals surface area contributed by atoms with Gasteiger partial charge in [0.2, 0.25) is 5.91 Å². The Labute approximate surface area is 195 Å². The highest BCUT2D eigenvalue weighted by atomic mass is 16.6. The van der Waals surface area contributed by atoms with Crippen molar-refractivity contribution in [2.24, 2.45) is 17.8 Å². The Hall–Kier alpha value is -3.19. The predicted octanol–water partition coefficient (Wildman–Crippen LogP) is 4.40. The number of hydrogen-bond acceptors (Lipinski definition) is 5. The number of nitrogens with one attached hydrogen (secondary N) is 1. The molecule has 3 rings (SSSR count). The Morgan fingerprint density at radius 2 is 2.00 bits per heavy atom. The van der Waals surface area contributed by atoms with Crippen LogP contribution in [0.25, 0.3) is 10.8 Å². The molecule has 0 radical (unpaired) electrons. The van der Waals surface area contributed by atoms with E-state index in [4.69, 9.17) is 4.74 Å². The Balaban J connectivity index is 1.84. The van der Waals surface area contributed by atoms with Crippen molar-refractivity contribution in [1.29, 1.82) is 0 Å². The number of ether oxygens (including phenoxy) is 1. The monoisotopic (exact) mass is 451 g/mol. The molecule has 7 heteroatoms. The van der Waals surface area contributed by atoms with Crippen molar-refractivity contribution in [1.82, 2.24) is 9.88 Å². The van der Waals surface area contributed by atoms with Gasteiger partial charge in [0.05, 0.1) is 5.92 Å². The lowest BCUT2D eigenvalue weighted by Crippen LogP contribution is -2.41. The van der Waals surface area contributed by atoms with Crippen molar-refractivity contribution >= 4 is 28.5 Å². The fourth-order valence-electron chi connectivity index (χ4n) is 3.77. The Morgan fingerprint density at radius 1 is 1.24 bits per heavy atom. The van der Waals surface area contributed by atoms with Gasteiger partial charge in [-0.2, -0.15) is 0 Å². The van der Waals surface area contributed by atoms with Gasteiger partial charge in [-0.15, -0.1) is 0 Å². The van der Waals surface area contributed by atoms with E-state index in [0.717, 1.165) is 16.3 Å². The number of aliphatic hydroxyl groups is 1. The number of anilines is 1. The minimum Gasteiger partial charge on any atom is -0.444 e. The maximum absolute atomic E-state index is 13.4. The molecule has 2 amide bonds. The number of rotatable bonds is 6. The number of allylic oxidation sites excluding steroid dienone is 2. The summed E-state index contributed by atoms with van der Waals surface area (Å²) in [5.74, 6) is -0.737.